The lowest BCUT2D eigenvalue weighted by Crippen LogP contribution is -2.13. The molecular formula is C9H8F3NOS. The van der Waals surface area contributed by atoms with Crippen LogP contribution in [0.5, 0.6) is 0 Å². The van der Waals surface area contributed by atoms with Crippen LogP contribution in [0.25, 0.3) is 0 Å². The molecular weight excluding hydrogens is 227 g/mol. The van der Waals surface area contributed by atoms with Crippen LogP contribution in [0.3, 0.4) is 0 Å². The Morgan fingerprint density at radius 1 is 1.33 bits per heavy atom. The Kier molecular flexibility index (Phi) is 4.02. The van der Waals surface area contributed by atoms with Gasteiger partial charge in [0.05, 0.1) is 5.69 Å². The van der Waals surface area contributed by atoms with E-state index in [9.17, 15) is 18.0 Å². The maximum Gasteiger partial charge on any atom is 0.225 e. The van der Waals surface area contributed by atoms with Gasteiger partial charge in [-0.15, -0.1) is 0 Å². The third kappa shape index (κ3) is 3.16. The molecule has 0 aliphatic heterocycles. The molecule has 0 atom stereocenters. The van der Waals surface area contributed by atoms with Crippen molar-refractivity contribution in [3.63, 3.8) is 0 Å². The number of rotatable bonds is 3. The minimum Gasteiger partial charge on any atom is -0.323 e. The normalized spacial score (nSPS) is 10.1. The molecule has 82 valence electrons. The third-order valence-corrected chi connectivity index (χ3v) is 1.83. The number of anilines is 1. The summed E-state index contributed by atoms with van der Waals surface area (Å²) in [6, 6.07) is 1.12. The van der Waals surface area contributed by atoms with E-state index in [1.807, 2.05) is 5.32 Å². The average Bonchev–Trinajstić information content (AvgIpc) is 2.13. The van der Waals surface area contributed by atoms with Crippen molar-refractivity contribution < 1.29 is 18.0 Å². The van der Waals surface area contributed by atoms with E-state index in [0.717, 1.165) is 6.07 Å². The number of benzene rings is 1. The molecule has 0 saturated carbocycles. The van der Waals surface area contributed by atoms with E-state index in [1.165, 1.54) is 0 Å². The second-order valence-corrected chi connectivity index (χ2v) is 3.22. The van der Waals surface area contributed by atoms with Gasteiger partial charge < -0.3 is 5.32 Å². The van der Waals surface area contributed by atoms with Gasteiger partial charge >= 0.3 is 0 Å². The maximum absolute atomic E-state index is 13.0. The zero-order valence-corrected chi connectivity index (χ0v) is 8.45. The molecule has 0 spiro atoms. The van der Waals surface area contributed by atoms with Crippen LogP contribution < -0.4 is 5.32 Å². The van der Waals surface area contributed by atoms with Gasteiger partial charge in [-0.1, -0.05) is 0 Å². The molecule has 0 bridgehead atoms. The van der Waals surface area contributed by atoms with Gasteiger partial charge in [-0.3, -0.25) is 4.79 Å². The first-order valence-electron chi connectivity index (χ1n) is 4.10. The third-order valence-electron chi connectivity index (χ3n) is 1.61. The van der Waals surface area contributed by atoms with Crippen molar-refractivity contribution in [1.29, 1.82) is 0 Å². The molecule has 6 heteroatoms. The zero-order chi connectivity index (χ0) is 11.4. The molecule has 0 fully saturated rings. The van der Waals surface area contributed by atoms with Gasteiger partial charge in [0.15, 0.2) is 11.6 Å². The Labute approximate surface area is 89.9 Å². The van der Waals surface area contributed by atoms with Crippen molar-refractivity contribution in [3.8, 4) is 0 Å². The summed E-state index contributed by atoms with van der Waals surface area (Å²) in [5, 5.41) is 2.05. The Hall–Kier alpha value is -1.17. The molecule has 0 saturated heterocycles. The van der Waals surface area contributed by atoms with Gasteiger partial charge in [0.1, 0.15) is 5.82 Å². The molecule has 0 aliphatic carbocycles. The van der Waals surface area contributed by atoms with Gasteiger partial charge in [-0.25, -0.2) is 13.2 Å². The predicted molar refractivity (Wildman–Crippen MR) is 53.4 cm³/mol. The molecule has 1 rings (SSSR count). The van der Waals surface area contributed by atoms with E-state index >= 15 is 0 Å². The number of halogens is 3. The monoisotopic (exact) mass is 235 g/mol. The lowest BCUT2D eigenvalue weighted by atomic mass is 10.2. The number of hydrogen-bond donors (Lipinski definition) is 2. The van der Waals surface area contributed by atoms with Crippen molar-refractivity contribution in [3.05, 3.63) is 29.6 Å². The van der Waals surface area contributed by atoms with E-state index in [1.54, 1.807) is 0 Å². The molecule has 1 amide bonds. The molecule has 15 heavy (non-hydrogen) atoms. The van der Waals surface area contributed by atoms with E-state index in [4.69, 9.17) is 0 Å². The Bertz CT molecular complexity index is 384. The smallest absolute Gasteiger partial charge is 0.225 e. The molecule has 1 aromatic carbocycles. The maximum atomic E-state index is 13.0. The highest BCUT2D eigenvalue weighted by Crippen LogP contribution is 2.19. The Morgan fingerprint density at radius 3 is 2.60 bits per heavy atom. The molecule has 1 aromatic rings. The van der Waals surface area contributed by atoms with Crippen LogP contribution in [-0.2, 0) is 4.79 Å². The lowest BCUT2D eigenvalue weighted by molar-refractivity contribution is -0.115. The van der Waals surface area contributed by atoms with Crippen molar-refractivity contribution in [2.45, 2.75) is 6.42 Å². The van der Waals surface area contributed by atoms with Crippen molar-refractivity contribution in [1.82, 2.24) is 0 Å². The first kappa shape index (κ1) is 11.9. The van der Waals surface area contributed by atoms with E-state index in [2.05, 4.69) is 12.6 Å². The first-order chi connectivity index (χ1) is 7.04. The summed E-state index contributed by atoms with van der Waals surface area (Å²) in [4.78, 5) is 11.0. The fourth-order valence-corrected chi connectivity index (χ4v) is 1.16. The van der Waals surface area contributed by atoms with Crippen molar-refractivity contribution >= 4 is 24.2 Å². The van der Waals surface area contributed by atoms with Crippen LogP contribution in [0.15, 0.2) is 12.1 Å². The van der Waals surface area contributed by atoms with Gasteiger partial charge in [0.25, 0.3) is 0 Å². The number of carbonyl (C=O) groups excluding carboxylic acids is 1. The summed E-state index contributed by atoms with van der Waals surface area (Å²) >= 11 is 3.79. The van der Waals surface area contributed by atoms with Crippen LogP contribution in [-0.4, -0.2) is 11.7 Å². The summed E-state index contributed by atoms with van der Waals surface area (Å²) < 4.78 is 38.4. The van der Waals surface area contributed by atoms with Gasteiger partial charge in [0, 0.05) is 18.6 Å². The van der Waals surface area contributed by atoms with Crippen LogP contribution in [0.2, 0.25) is 0 Å². The number of amides is 1. The molecule has 0 radical (unpaired) electrons. The predicted octanol–water partition coefficient (Wildman–Crippen LogP) is 2.36. The van der Waals surface area contributed by atoms with Crippen LogP contribution in [0, 0.1) is 17.5 Å². The summed E-state index contributed by atoms with van der Waals surface area (Å²) in [7, 11) is 0. The quantitative estimate of drug-likeness (QED) is 0.611. The average molecular weight is 235 g/mol. The number of nitrogens with one attached hydrogen (secondary N) is 1. The van der Waals surface area contributed by atoms with Crippen molar-refractivity contribution in [2.75, 3.05) is 11.1 Å². The molecule has 0 heterocycles. The van der Waals surface area contributed by atoms with Gasteiger partial charge in [-0.2, -0.15) is 12.6 Å². The fraction of sp³-hybridized carbons (Fsp3) is 0.222. The molecule has 1 N–H and O–H groups in total. The van der Waals surface area contributed by atoms with Crippen LogP contribution >= 0.6 is 12.6 Å². The second-order valence-electron chi connectivity index (χ2n) is 2.77. The number of hydrogen-bond acceptors (Lipinski definition) is 2. The fourth-order valence-electron chi connectivity index (χ4n) is 0.961. The minimum absolute atomic E-state index is 0.0423. The van der Waals surface area contributed by atoms with Gasteiger partial charge in [-0.05, 0) is 5.75 Å². The molecule has 2 nitrogen and oxygen atoms in total. The molecule has 0 unspecified atom stereocenters. The summed E-state index contributed by atoms with van der Waals surface area (Å²) in [5.74, 6) is -3.84. The van der Waals surface area contributed by atoms with Gasteiger partial charge in [0.2, 0.25) is 5.91 Å². The summed E-state index contributed by atoms with van der Waals surface area (Å²) in [5.41, 5.74) is -0.501. The largest absolute Gasteiger partial charge is 0.323 e. The second kappa shape index (κ2) is 5.06. The number of thiol groups is 1. The topological polar surface area (TPSA) is 29.1 Å². The van der Waals surface area contributed by atoms with Crippen molar-refractivity contribution in [2.24, 2.45) is 0 Å². The number of carbonyl (C=O) groups is 1. The Morgan fingerprint density at radius 2 is 2.00 bits per heavy atom. The van der Waals surface area contributed by atoms with Crippen LogP contribution in [0.1, 0.15) is 6.42 Å². The lowest BCUT2D eigenvalue weighted by Gasteiger charge is -2.06. The standard InChI is InChI=1S/C9H8F3NOS/c10-5-3-6(11)9(12)7(4-5)13-8(14)1-2-15/h3-4,15H,1-2H2,(H,13,14). The summed E-state index contributed by atoms with van der Waals surface area (Å²) in [6.07, 6.45) is 0.0423. The SMILES string of the molecule is O=C(CCS)Nc1cc(F)cc(F)c1F. The first-order valence-corrected chi connectivity index (χ1v) is 4.73. The highest BCUT2D eigenvalue weighted by Gasteiger charge is 2.12. The molecule has 0 aliphatic rings. The minimum atomic E-state index is -1.34. The highest BCUT2D eigenvalue weighted by molar-refractivity contribution is 7.80. The summed E-state index contributed by atoms with van der Waals surface area (Å²) in [6.45, 7) is 0. The highest BCUT2D eigenvalue weighted by atomic mass is 32.1. The van der Waals surface area contributed by atoms with E-state index < -0.39 is 29.0 Å². The Balaban J connectivity index is 2.89. The van der Waals surface area contributed by atoms with E-state index in [-0.39, 0.29) is 12.2 Å². The van der Waals surface area contributed by atoms with Crippen LogP contribution in [0.4, 0.5) is 18.9 Å². The van der Waals surface area contributed by atoms with E-state index in [0.29, 0.717) is 6.07 Å². The molecule has 0 aromatic heterocycles. The zero-order valence-electron chi connectivity index (χ0n) is 7.56.